The Hall–Kier alpha value is -3.35. The molecule has 0 fully saturated rings. The largest absolute Gasteiger partial charge is 0.484 e. The molecule has 0 spiro atoms. The van der Waals surface area contributed by atoms with Crippen molar-refractivity contribution in [2.45, 2.75) is 13.8 Å². The van der Waals surface area contributed by atoms with E-state index < -0.39 is 11.9 Å². The number of amides is 1. The standard InChI is InChI=1S/C19H21N3O4/c1-3-25-19(24)15-6-10-17(11-7-15)26-12-18(23)22-21-13(2)14-4-8-16(20)9-5-14/h4-11H,3,12,20H2,1-2H3,(H,22,23)/b21-13+. The van der Waals surface area contributed by atoms with Gasteiger partial charge in [-0.05, 0) is 55.8 Å². The van der Waals surface area contributed by atoms with E-state index in [9.17, 15) is 9.59 Å². The van der Waals surface area contributed by atoms with Gasteiger partial charge in [0.15, 0.2) is 6.61 Å². The van der Waals surface area contributed by atoms with Gasteiger partial charge in [-0.3, -0.25) is 4.79 Å². The third kappa shape index (κ3) is 5.62. The van der Waals surface area contributed by atoms with Crippen LogP contribution in [0, 0.1) is 0 Å². The lowest BCUT2D eigenvalue weighted by Gasteiger charge is -2.07. The normalized spacial score (nSPS) is 10.9. The van der Waals surface area contributed by atoms with Crippen LogP contribution >= 0.6 is 0 Å². The first-order valence-corrected chi connectivity index (χ1v) is 8.08. The van der Waals surface area contributed by atoms with Crippen molar-refractivity contribution in [3.05, 3.63) is 59.7 Å². The number of rotatable bonds is 7. The highest BCUT2D eigenvalue weighted by molar-refractivity contribution is 5.99. The number of nitrogen functional groups attached to an aromatic ring is 1. The van der Waals surface area contributed by atoms with Gasteiger partial charge in [-0.15, -0.1) is 0 Å². The molecule has 2 aromatic rings. The summed E-state index contributed by atoms with van der Waals surface area (Å²) in [5.74, 6) is -0.328. The Balaban J connectivity index is 1.83. The summed E-state index contributed by atoms with van der Waals surface area (Å²) in [4.78, 5) is 23.4. The summed E-state index contributed by atoms with van der Waals surface area (Å²) in [5, 5.41) is 4.03. The maximum absolute atomic E-state index is 11.8. The van der Waals surface area contributed by atoms with Crippen molar-refractivity contribution in [3.63, 3.8) is 0 Å². The Morgan fingerprint density at radius 2 is 1.65 bits per heavy atom. The number of anilines is 1. The predicted octanol–water partition coefficient (Wildman–Crippen LogP) is 2.36. The van der Waals surface area contributed by atoms with Crippen LogP contribution in [-0.2, 0) is 9.53 Å². The van der Waals surface area contributed by atoms with Crippen molar-refractivity contribution >= 4 is 23.3 Å². The number of hydrazone groups is 1. The molecule has 2 aromatic carbocycles. The number of hydrogen-bond acceptors (Lipinski definition) is 6. The van der Waals surface area contributed by atoms with Crippen LogP contribution in [0.25, 0.3) is 0 Å². The van der Waals surface area contributed by atoms with Gasteiger partial charge in [-0.2, -0.15) is 5.10 Å². The van der Waals surface area contributed by atoms with Crippen LogP contribution in [0.4, 0.5) is 5.69 Å². The molecule has 0 saturated carbocycles. The molecule has 0 aliphatic heterocycles. The molecule has 0 aliphatic carbocycles. The van der Waals surface area contributed by atoms with E-state index in [2.05, 4.69) is 10.5 Å². The monoisotopic (exact) mass is 355 g/mol. The zero-order chi connectivity index (χ0) is 18.9. The Kier molecular flexibility index (Phi) is 6.73. The molecule has 0 unspecified atom stereocenters. The van der Waals surface area contributed by atoms with Gasteiger partial charge in [0, 0.05) is 5.69 Å². The maximum Gasteiger partial charge on any atom is 0.338 e. The number of carbonyl (C=O) groups is 2. The number of benzene rings is 2. The van der Waals surface area contributed by atoms with E-state index in [1.54, 1.807) is 50.2 Å². The van der Waals surface area contributed by atoms with Crippen molar-refractivity contribution in [1.29, 1.82) is 0 Å². The zero-order valence-corrected chi connectivity index (χ0v) is 14.7. The number of hydrogen-bond donors (Lipinski definition) is 2. The highest BCUT2D eigenvalue weighted by atomic mass is 16.5. The number of carbonyl (C=O) groups excluding carboxylic acids is 2. The van der Waals surface area contributed by atoms with Gasteiger partial charge in [0.25, 0.3) is 5.91 Å². The van der Waals surface area contributed by atoms with E-state index in [1.165, 1.54) is 0 Å². The van der Waals surface area contributed by atoms with Gasteiger partial charge in [-0.25, -0.2) is 10.2 Å². The quantitative estimate of drug-likeness (QED) is 0.343. The molecule has 0 saturated heterocycles. The molecule has 0 heterocycles. The van der Waals surface area contributed by atoms with Crippen molar-refractivity contribution in [3.8, 4) is 5.75 Å². The second-order valence-electron chi connectivity index (χ2n) is 5.39. The topological polar surface area (TPSA) is 103 Å². The SMILES string of the molecule is CCOC(=O)c1ccc(OCC(=O)N/N=C(\C)c2ccc(N)cc2)cc1. The molecule has 136 valence electrons. The molecule has 0 radical (unpaired) electrons. The van der Waals surface area contributed by atoms with E-state index in [0.717, 1.165) is 5.56 Å². The second kappa shape index (κ2) is 9.22. The Labute approximate surface area is 151 Å². The first kappa shape index (κ1) is 19.0. The van der Waals surface area contributed by atoms with Crippen LogP contribution in [0.2, 0.25) is 0 Å². The number of esters is 1. The van der Waals surface area contributed by atoms with Gasteiger partial charge in [0.2, 0.25) is 0 Å². The summed E-state index contributed by atoms with van der Waals surface area (Å²) in [6.45, 7) is 3.64. The molecule has 1 amide bonds. The molecule has 0 bridgehead atoms. The minimum atomic E-state index is -0.399. The lowest BCUT2D eigenvalue weighted by atomic mass is 10.1. The fourth-order valence-electron chi connectivity index (χ4n) is 2.02. The molecular formula is C19H21N3O4. The lowest BCUT2D eigenvalue weighted by molar-refractivity contribution is -0.123. The minimum absolute atomic E-state index is 0.197. The van der Waals surface area contributed by atoms with E-state index in [1.807, 2.05) is 12.1 Å². The first-order valence-electron chi connectivity index (χ1n) is 8.08. The highest BCUT2D eigenvalue weighted by Gasteiger charge is 2.07. The number of nitrogens with one attached hydrogen (secondary N) is 1. The van der Waals surface area contributed by atoms with Crippen LogP contribution in [0.3, 0.4) is 0 Å². The molecule has 0 aromatic heterocycles. The minimum Gasteiger partial charge on any atom is -0.484 e. The zero-order valence-electron chi connectivity index (χ0n) is 14.7. The average Bonchev–Trinajstić information content (AvgIpc) is 2.65. The summed E-state index contributed by atoms with van der Waals surface area (Å²) in [6, 6.07) is 13.5. The third-order valence-corrected chi connectivity index (χ3v) is 3.41. The van der Waals surface area contributed by atoms with Crippen LogP contribution in [0.5, 0.6) is 5.75 Å². The van der Waals surface area contributed by atoms with E-state index >= 15 is 0 Å². The summed E-state index contributed by atoms with van der Waals surface area (Å²) >= 11 is 0. The predicted molar refractivity (Wildman–Crippen MR) is 99.1 cm³/mol. The van der Waals surface area contributed by atoms with E-state index in [-0.39, 0.29) is 6.61 Å². The Bertz CT molecular complexity index is 783. The number of nitrogens with two attached hydrogens (primary N) is 1. The summed E-state index contributed by atoms with van der Waals surface area (Å²) in [7, 11) is 0. The molecule has 7 heteroatoms. The molecule has 26 heavy (non-hydrogen) atoms. The molecule has 0 aliphatic rings. The average molecular weight is 355 g/mol. The maximum atomic E-state index is 11.8. The second-order valence-corrected chi connectivity index (χ2v) is 5.39. The third-order valence-electron chi connectivity index (χ3n) is 3.41. The van der Waals surface area contributed by atoms with Crippen molar-refractivity contribution in [1.82, 2.24) is 5.43 Å². The van der Waals surface area contributed by atoms with Crippen molar-refractivity contribution < 1.29 is 19.1 Å². The van der Waals surface area contributed by atoms with Crippen LogP contribution in [-0.4, -0.2) is 30.8 Å². The van der Waals surface area contributed by atoms with Crippen molar-refractivity contribution in [2.24, 2.45) is 5.10 Å². The Morgan fingerprint density at radius 1 is 1.04 bits per heavy atom. The van der Waals surface area contributed by atoms with Gasteiger partial charge < -0.3 is 15.2 Å². The summed E-state index contributed by atoms with van der Waals surface area (Å²) < 4.78 is 10.3. The van der Waals surface area contributed by atoms with Crippen LogP contribution in [0.15, 0.2) is 53.6 Å². The van der Waals surface area contributed by atoms with Gasteiger partial charge in [0.1, 0.15) is 5.75 Å². The molecule has 0 atom stereocenters. The van der Waals surface area contributed by atoms with Crippen molar-refractivity contribution in [2.75, 3.05) is 18.9 Å². The number of ether oxygens (including phenoxy) is 2. The lowest BCUT2D eigenvalue weighted by Crippen LogP contribution is -2.25. The van der Waals surface area contributed by atoms with E-state index in [0.29, 0.717) is 29.3 Å². The van der Waals surface area contributed by atoms with Crippen LogP contribution < -0.4 is 15.9 Å². The van der Waals surface area contributed by atoms with Gasteiger partial charge in [0.05, 0.1) is 17.9 Å². The summed E-state index contributed by atoms with van der Waals surface area (Å²) in [6.07, 6.45) is 0. The fraction of sp³-hybridized carbons (Fsp3) is 0.211. The first-order chi connectivity index (χ1) is 12.5. The smallest absolute Gasteiger partial charge is 0.338 e. The molecule has 3 N–H and O–H groups in total. The summed E-state index contributed by atoms with van der Waals surface area (Å²) in [5.41, 5.74) is 10.7. The highest BCUT2D eigenvalue weighted by Crippen LogP contribution is 2.13. The fourth-order valence-corrected chi connectivity index (χ4v) is 2.02. The molecule has 7 nitrogen and oxygen atoms in total. The molecular weight excluding hydrogens is 334 g/mol. The van der Waals surface area contributed by atoms with Gasteiger partial charge in [-0.1, -0.05) is 12.1 Å². The number of nitrogens with zero attached hydrogens (tertiary/aromatic N) is 1. The molecule has 2 rings (SSSR count). The van der Waals surface area contributed by atoms with E-state index in [4.69, 9.17) is 15.2 Å². The van der Waals surface area contributed by atoms with Gasteiger partial charge >= 0.3 is 5.97 Å². The Morgan fingerprint density at radius 3 is 2.27 bits per heavy atom. The van der Waals surface area contributed by atoms with Crippen LogP contribution in [0.1, 0.15) is 29.8 Å².